The van der Waals surface area contributed by atoms with Crippen molar-refractivity contribution >= 4 is 11.8 Å². The van der Waals surface area contributed by atoms with E-state index in [0.29, 0.717) is 12.5 Å². The SMILES string of the molecule is CC(=O)N1CCCC[C@H]1CC(=O)N1CCC[C@@H](n2ccnc2)C1. The monoisotopic (exact) mass is 318 g/mol. The van der Waals surface area contributed by atoms with E-state index in [1.54, 1.807) is 13.1 Å². The topological polar surface area (TPSA) is 58.4 Å². The van der Waals surface area contributed by atoms with E-state index < -0.39 is 0 Å². The maximum atomic E-state index is 12.7. The molecular formula is C17H26N4O2. The second-order valence-electron chi connectivity index (χ2n) is 6.71. The molecule has 0 bridgehead atoms. The lowest BCUT2D eigenvalue weighted by molar-refractivity contribution is -0.138. The molecule has 2 aliphatic rings. The third kappa shape index (κ3) is 3.74. The number of nitrogens with zero attached hydrogens (tertiary/aromatic N) is 4. The van der Waals surface area contributed by atoms with Gasteiger partial charge in [-0.3, -0.25) is 9.59 Å². The van der Waals surface area contributed by atoms with Gasteiger partial charge in [-0.2, -0.15) is 0 Å². The van der Waals surface area contributed by atoms with Crippen molar-refractivity contribution < 1.29 is 9.59 Å². The van der Waals surface area contributed by atoms with E-state index in [1.165, 1.54) is 0 Å². The van der Waals surface area contributed by atoms with Gasteiger partial charge >= 0.3 is 0 Å². The Morgan fingerprint density at radius 1 is 1.17 bits per heavy atom. The highest BCUT2D eigenvalue weighted by atomic mass is 16.2. The number of piperidine rings is 2. The zero-order chi connectivity index (χ0) is 16.2. The Kier molecular flexibility index (Phi) is 4.98. The summed E-state index contributed by atoms with van der Waals surface area (Å²) in [7, 11) is 0. The van der Waals surface area contributed by atoms with Gasteiger partial charge in [-0.1, -0.05) is 0 Å². The summed E-state index contributed by atoms with van der Waals surface area (Å²) in [5.74, 6) is 0.283. The summed E-state index contributed by atoms with van der Waals surface area (Å²) in [5, 5.41) is 0. The van der Waals surface area contributed by atoms with Crippen molar-refractivity contribution in [2.45, 2.75) is 57.5 Å². The van der Waals surface area contributed by atoms with Crippen LogP contribution in [0.4, 0.5) is 0 Å². The molecule has 2 amide bonds. The van der Waals surface area contributed by atoms with Crippen LogP contribution < -0.4 is 0 Å². The van der Waals surface area contributed by atoms with E-state index in [-0.39, 0.29) is 17.9 Å². The fraction of sp³-hybridized carbons (Fsp3) is 0.706. The molecule has 0 N–H and O–H groups in total. The third-order valence-corrected chi connectivity index (χ3v) is 5.14. The van der Waals surface area contributed by atoms with E-state index in [4.69, 9.17) is 0 Å². The predicted octanol–water partition coefficient (Wildman–Crippen LogP) is 1.84. The molecule has 1 aromatic rings. The van der Waals surface area contributed by atoms with Gasteiger partial charge in [0.05, 0.1) is 12.4 Å². The van der Waals surface area contributed by atoms with Crippen molar-refractivity contribution in [2.24, 2.45) is 0 Å². The fourth-order valence-electron chi connectivity index (χ4n) is 3.87. The molecule has 0 unspecified atom stereocenters. The first-order valence-corrected chi connectivity index (χ1v) is 8.67. The molecule has 2 aliphatic heterocycles. The van der Waals surface area contributed by atoms with Crippen LogP contribution in [-0.2, 0) is 9.59 Å². The average molecular weight is 318 g/mol. The summed E-state index contributed by atoms with van der Waals surface area (Å²) in [6.45, 7) is 3.99. The van der Waals surface area contributed by atoms with Crippen LogP contribution in [-0.4, -0.2) is 56.8 Å². The van der Waals surface area contributed by atoms with Crippen LogP contribution >= 0.6 is 0 Å². The van der Waals surface area contributed by atoms with Crippen LogP contribution in [0.1, 0.15) is 51.5 Å². The number of likely N-dealkylation sites (tertiary alicyclic amines) is 2. The number of carbonyl (C=O) groups excluding carboxylic acids is 2. The van der Waals surface area contributed by atoms with Crippen LogP contribution in [0.15, 0.2) is 18.7 Å². The van der Waals surface area contributed by atoms with E-state index in [1.807, 2.05) is 22.3 Å². The maximum absolute atomic E-state index is 12.7. The number of carbonyl (C=O) groups is 2. The molecule has 2 atom stereocenters. The lowest BCUT2D eigenvalue weighted by Crippen LogP contribution is -2.47. The number of rotatable bonds is 3. The molecule has 3 rings (SSSR count). The smallest absolute Gasteiger partial charge is 0.224 e. The van der Waals surface area contributed by atoms with E-state index in [0.717, 1.165) is 51.7 Å². The fourth-order valence-corrected chi connectivity index (χ4v) is 3.87. The number of hydrogen-bond donors (Lipinski definition) is 0. The van der Waals surface area contributed by atoms with Crippen LogP contribution in [0.5, 0.6) is 0 Å². The minimum absolute atomic E-state index is 0.0855. The van der Waals surface area contributed by atoms with Crippen molar-refractivity contribution in [3.8, 4) is 0 Å². The van der Waals surface area contributed by atoms with E-state index in [9.17, 15) is 9.59 Å². The quantitative estimate of drug-likeness (QED) is 0.854. The van der Waals surface area contributed by atoms with Crippen molar-refractivity contribution in [3.63, 3.8) is 0 Å². The maximum Gasteiger partial charge on any atom is 0.224 e. The second kappa shape index (κ2) is 7.15. The Morgan fingerprint density at radius 2 is 2.04 bits per heavy atom. The standard InChI is InChI=1S/C17H26N4O2/c1-14(22)21-9-3-2-5-15(21)11-17(23)19-8-4-6-16(12-19)20-10-7-18-13-20/h7,10,13,15-16H,2-6,8-9,11-12H2,1H3/t15-,16+/m0/s1. The van der Waals surface area contributed by atoms with Crippen molar-refractivity contribution in [1.29, 1.82) is 0 Å². The van der Waals surface area contributed by atoms with Crippen LogP contribution in [0.25, 0.3) is 0 Å². The van der Waals surface area contributed by atoms with E-state index >= 15 is 0 Å². The summed E-state index contributed by atoms with van der Waals surface area (Å²) in [5.41, 5.74) is 0. The highest BCUT2D eigenvalue weighted by Crippen LogP contribution is 2.24. The second-order valence-corrected chi connectivity index (χ2v) is 6.71. The molecule has 23 heavy (non-hydrogen) atoms. The van der Waals surface area contributed by atoms with Crippen LogP contribution in [0.3, 0.4) is 0 Å². The lowest BCUT2D eigenvalue weighted by atomic mass is 9.97. The molecule has 1 aromatic heterocycles. The third-order valence-electron chi connectivity index (χ3n) is 5.14. The molecule has 6 nitrogen and oxygen atoms in total. The molecule has 3 heterocycles. The Hall–Kier alpha value is -1.85. The molecule has 0 aliphatic carbocycles. The average Bonchev–Trinajstić information content (AvgIpc) is 3.10. The highest BCUT2D eigenvalue weighted by Gasteiger charge is 2.30. The van der Waals surface area contributed by atoms with Gasteiger partial charge in [0.2, 0.25) is 11.8 Å². The Labute approximate surface area is 137 Å². The Bertz CT molecular complexity index is 543. The number of aromatic nitrogens is 2. The molecule has 0 radical (unpaired) electrons. The normalized spacial score (nSPS) is 25.4. The minimum atomic E-state index is 0.0855. The van der Waals surface area contributed by atoms with Gasteiger partial charge in [0.15, 0.2) is 0 Å². The molecule has 0 saturated carbocycles. The highest BCUT2D eigenvalue weighted by molar-refractivity contribution is 5.79. The number of imidazole rings is 1. The number of amides is 2. The molecular weight excluding hydrogens is 292 g/mol. The zero-order valence-electron chi connectivity index (χ0n) is 13.9. The Balaban J connectivity index is 1.60. The minimum Gasteiger partial charge on any atom is -0.341 e. The zero-order valence-corrected chi connectivity index (χ0v) is 13.9. The molecule has 6 heteroatoms. The van der Waals surface area contributed by atoms with Gasteiger partial charge in [0.25, 0.3) is 0 Å². The van der Waals surface area contributed by atoms with Crippen molar-refractivity contribution in [1.82, 2.24) is 19.4 Å². The molecule has 0 spiro atoms. The van der Waals surface area contributed by atoms with Gasteiger partial charge in [-0.15, -0.1) is 0 Å². The molecule has 2 saturated heterocycles. The Morgan fingerprint density at radius 3 is 2.78 bits per heavy atom. The summed E-state index contributed by atoms with van der Waals surface area (Å²) < 4.78 is 2.10. The number of hydrogen-bond acceptors (Lipinski definition) is 3. The van der Waals surface area contributed by atoms with Crippen LogP contribution in [0, 0.1) is 0 Å². The molecule has 2 fully saturated rings. The van der Waals surface area contributed by atoms with Gasteiger partial charge in [0, 0.05) is 51.4 Å². The van der Waals surface area contributed by atoms with Gasteiger partial charge in [0.1, 0.15) is 0 Å². The van der Waals surface area contributed by atoms with E-state index in [2.05, 4.69) is 9.55 Å². The largest absolute Gasteiger partial charge is 0.341 e. The van der Waals surface area contributed by atoms with Gasteiger partial charge in [-0.25, -0.2) is 4.98 Å². The first kappa shape index (κ1) is 16.0. The molecule has 126 valence electrons. The van der Waals surface area contributed by atoms with Gasteiger partial charge < -0.3 is 14.4 Å². The summed E-state index contributed by atoms with van der Waals surface area (Å²) in [4.78, 5) is 32.4. The summed E-state index contributed by atoms with van der Waals surface area (Å²) in [6, 6.07) is 0.410. The summed E-state index contributed by atoms with van der Waals surface area (Å²) >= 11 is 0. The van der Waals surface area contributed by atoms with Crippen molar-refractivity contribution in [2.75, 3.05) is 19.6 Å². The van der Waals surface area contributed by atoms with Crippen molar-refractivity contribution in [3.05, 3.63) is 18.7 Å². The first-order valence-electron chi connectivity index (χ1n) is 8.67. The summed E-state index contributed by atoms with van der Waals surface area (Å²) in [6.07, 6.45) is 11.3. The van der Waals surface area contributed by atoms with Gasteiger partial charge in [-0.05, 0) is 32.1 Å². The molecule has 0 aromatic carbocycles. The first-order chi connectivity index (χ1) is 11.1. The predicted molar refractivity (Wildman–Crippen MR) is 86.7 cm³/mol. The van der Waals surface area contributed by atoms with Crippen LogP contribution in [0.2, 0.25) is 0 Å². The lowest BCUT2D eigenvalue weighted by Gasteiger charge is -2.38.